The number of para-hydroxylation sites is 1. The molecule has 2 amide bonds. The molecule has 0 unspecified atom stereocenters. The number of amides is 2. The fourth-order valence-corrected chi connectivity index (χ4v) is 4.70. The molecule has 9 nitrogen and oxygen atoms in total. The van der Waals surface area contributed by atoms with E-state index in [2.05, 4.69) is 31.2 Å². The van der Waals surface area contributed by atoms with Crippen molar-refractivity contribution in [1.82, 2.24) is 19.8 Å². The van der Waals surface area contributed by atoms with Crippen LogP contribution in [0.15, 0.2) is 77.7 Å². The average molecular weight is 511 g/mol. The van der Waals surface area contributed by atoms with Crippen molar-refractivity contribution in [1.29, 1.82) is 0 Å². The maximum atomic E-state index is 13.2. The van der Waals surface area contributed by atoms with Gasteiger partial charge in [-0.05, 0) is 50.0 Å². The largest absolute Gasteiger partial charge is 0.353 e. The molecule has 1 aliphatic heterocycles. The summed E-state index contributed by atoms with van der Waals surface area (Å²) in [4.78, 5) is 51.8. The topological polar surface area (TPSA) is 102 Å². The Bertz CT molecular complexity index is 1520. The van der Waals surface area contributed by atoms with Gasteiger partial charge in [-0.2, -0.15) is 0 Å². The molecule has 0 radical (unpaired) electrons. The summed E-state index contributed by atoms with van der Waals surface area (Å²) in [5.74, 6) is 0.419. The van der Waals surface area contributed by atoms with Gasteiger partial charge in [-0.15, -0.1) is 0 Å². The first-order valence-electron chi connectivity index (χ1n) is 12.5. The predicted octanol–water partition coefficient (Wildman–Crippen LogP) is 3.20. The second kappa shape index (κ2) is 10.9. The number of anilines is 2. The van der Waals surface area contributed by atoms with Crippen molar-refractivity contribution in [2.75, 3.05) is 50.5 Å². The van der Waals surface area contributed by atoms with Gasteiger partial charge in [-0.1, -0.05) is 30.3 Å². The molecule has 38 heavy (non-hydrogen) atoms. The fourth-order valence-electron chi connectivity index (χ4n) is 4.70. The van der Waals surface area contributed by atoms with Crippen LogP contribution in [-0.4, -0.2) is 71.9 Å². The van der Waals surface area contributed by atoms with Crippen molar-refractivity contribution in [3.63, 3.8) is 0 Å². The molecule has 1 aliphatic rings. The summed E-state index contributed by atoms with van der Waals surface area (Å²) in [5.41, 5.74) is 2.67. The molecule has 2 aromatic heterocycles. The molecule has 1 saturated heterocycles. The Morgan fingerprint density at radius 3 is 2.50 bits per heavy atom. The molecule has 9 heteroatoms. The van der Waals surface area contributed by atoms with E-state index >= 15 is 0 Å². The van der Waals surface area contributed by atoms with Crippen LogP contribution in [0.4, 0.5) is 11.5 Å². The predicted molar refractivity (Wildman–Crippen MR) is 149 cm³/mol. The Morgan fingerprint density at radius 1 is 0.974 bits per heavy atom. The molecule has 0 bridgehead atoms. The van der Waals surface area contributed by atoms with Gasteiger partial charge in [0, 0.05) is 67.1 Å². The van der Waals surface area contributed by atoms with Crippen LogP contribution in [-0.2, 0) is 6.54 Å². The Morgan fingerprint density at radius 2 is 1.76 bits per heavy atom. The van der Waals surface area contributed by atoms with Crippen LogP contribution in [0.25, 0.3) is 10.9 Å². The summed E-state index contributed by atoms with van der Waals surface area (Å²) >= 11 is 0. The second-order valence-corrected chi connectivity index (χ2v) is 9.67. The lowest BCUT2D eigenvalue weighted by atomic mass is 10.1. The number of benzene rings is 2. The maximum Gasteiger partial charge on any atom is 0.256 e. The summed E-state index contributed by atoms with van der Waals surface area (Å²) in [6.07, 6.45) is 1.90. The molecule has 0 saturated carbocycles. The van der Waals surface area contributed by atoms with Gasteiger partial charge >= 0.3 is 0 Å². The summed E-state index contributed by atoms with van der Waals surface area (Å²) in [5, 5.41) is 3.49. The van der Waals surface area contributed by atoms with Crippen LogP contribution in [0.2, 0.25) is 0 Å². The van der Waals surface area contributed by atoms with E-state index < -0.39 is 5.91 Å². The van der Waals surface area contributed by atoms with Crippen molar-refractivity contribution >= 4 is 34.2 Å². The Kier molecular flexibility index (Phi) is 7.19. The third kappa shape index (κ3) is 5.57. The average Bonchev–Trinajstić information content (AvgIpc) is 2.92. The summed E-state index contributed by atoms with van der Waals surface area (Å²) in [7, 11) is 4.06. The number of nitrogens with one attached hydrogen (secondary N) is 2. The number of carbonyl (C=O) groups is 2. The first-order valence-corrected chi connectivity index (χ1v) is 12.5. The highest BCUT2D eigenvalue weighted by molar-refractivity contribution is 6.12. The fraction of sp³-hybridized carbons (Fsp3) is 0.241. The number of hydrogen-bond acceptors (Lipinski definition) is 6. The van der Waals surface area contributed by atoms with E-state index in [0.29, 0.717) is 48.3 Å². The SMILES string of the molecule is CN(C)Cc1ccc(N2CCN(C(=O)c3cccc(NC(=O)c4cc(=O)[nH]c5ccccc45)c3)CC2)nc1. The van der Waals surface area contributed by atoms with Crippen LogP contribution < -0.4 is 15.8 Å². The lowest BCUT2D eigenvalue weighted by Crippen LogP contribution is -2.49. The molecule has 1 fully saturated rings. The Labute approximate surface area is 220 Å². The Hall–Kier alpha value is -4.50. The van der Waals surface area contributed by atoms with Crippen molar-refractivity contribution in [3.05, 3.63) is 100.0 Å². The monoisotopic (exact) mass is 510 g/mol. The van der Waals surface area contributed by atoms with E-state index in [1.54, 1.807) is 42.5 Å². The summed E-state index contributed by atoms with van der Waals surface area (Å²) in [6.45, 7) is 3.38. The molecule has 194 valence electrons. The molecule has 2 N–H and O–H groups in total. The van der Waals surface area contributed by atoms with Crippen LogP contribution in [0.3, 0.4) is 0 Å². The van der Waals surface area contributed by atoms with Crippen LogP contribution >= 0.6 is 0 Å². The van der Waals surface area contributed by atoms with Gasteiger partial charge in [0.15, 0.2) is 0 Å². The molecular formula is C29H30N6O3. The maximum absolute atomic E-state index is 13.2. The molecular weight excluding hydrogens is 480 g/mol. The third-order valence-electron chi connectivity index (χ3n) is 6.56. The highest BCUT2D eigenvalue weighted by Gasteiger charge is 2.23. The molecule has 2 aromatic carbocycles. The van der Waals surface area contributed by atoms with Crippen molar-refractivity contribution < 1.29 is 9.59 Å². The summed E-state index contributed by atoms with van der Waals surface area (Å²) in [6, 6.07) is 19.5. The highest BCUT2D eigenvalue weighted by Crippen LogP contribution is 2.20. The second-order valence-electron chi connectivity index (χ2n) is 9.67. The van der Waals surface area contributed by atoms with Crippen LogP contribution in [0.5, 0.6) is 0 Å². The molecule has 3 heterocycles. The number of H-pyrrole nitrogens is 1. The van der Waals surface area contributed by atoms with Crippen molar-refractivity contribution in [2.45, 2.75) is 6.54 Å². The van der Waals surface area contributed by atoms with E-state index in [4.69, 9.17) is 0 Å². The number of fused-ring (bicyclic) bond motifs is 1. The van der Waals surface area contributed by atoms with E-state index in [1.807, 2.05) is 37.3 Å². The standard InChI is InChI=1S/C29H30N6O3/c1-33(2)19-20-10-11-26(30-18-20)34-12-14-35(15-13-34)29(38)21-6-5-7-22(16-21)31-28(37)24-17-27(36)32-25-9-4-3-8-23(24)25/h3-11,16-18H,12-15,19H2,1-2H3,(H,31,37)(H,32,36). The van der Waals surface area contributed by atoms with Gasteiger partial charge < -0.3 is 25.0 Å². The zero-order chi connectivity index (χ0) is 26.6. The van der Waals surface area contributed by atoms with E-state index in [1.165, 1.54) is 6.07 Å². The van der Waals surface area contributed by atoms with Crippen molar-refractivity contribution in [3.8, 4) is 0 Å². The lowest BCUT2D eigenvalue weighted by Gasteiger charge is -2.35. The van der Waals surface area contributed by atoms with E-state index in [0.717, 1.165) is 17.9 Å². The third-order valence-corrected chi connectivity index (χ3v) is 6.56. The van der Waals surface area contributed by atoms with Gasteiger partial charge in [0.2, 0.25) is 5.56 Å². The smallest absolute Gasteiger partial charge is 0.256 e. The quantitative estimate of drug-likeness (QED) is 0.413. The van der Waals surface area contributed by atoms with Gasteiger partial charge in [-0.3, -0.25) is 14.4 Å². The van der Waals surface area contributed by atoms with Crippen molar-refractivity contribution in [2.24, 2.45) is 0 Å². The van der Waals surface area contributed by atoms with Gasteiger partial charge in [-0.25, -0.2) is 4.98 Å². The number of carbonyl (C=O) groups excluding carboxylic acids is 2. The van der Waals surface area contributed by atoms with Crippen LogP contribution in [0, 0.1) is 0 Å². The van der Waals surface area contributed by atoms with Crippen LogP contribution in [0.1, 0.15) is 26.3 Å². The number of pyridine rings is 2. The number of hydrogen-bond donors (Lipinski definition) is 2. The molecule has 5 rings (SSSR count). The lowest BCUT2D eigenvalue weighted by molar-refractivity contribution is 0.0746. The number of aromatic amines is 1. The zero-order valence-electron chi connectivity index (χ0n) is 21.5. The van der Waals surface area contributed by atoms with Gasteiger partial charge in [0.1, 0.15) is 5.82 Å². The molecule has 4 aromatic rings. The first-order chi connectivity index (χ1) is 18.4. The number of piperazine rings is 1. The summed E-state index contributed by atoms with van der Waals surface area (Å²) < 4.78 is 0. The molecule has 0 spiro atoms. The minimum atomic E-state index is -0.408. The minimum Gasteiger partial charge on any atom is -0.353 e. The van der Waals surface area contributed by atoms with Gasteiger partial charge in [0.25, 0.3) is 11.8 Å². The van der Waals surface area contributed by atoms with Gasteiger partial charge in [0.05, 0.1) is 5.56 Å². The molecule has 0 aliphatic carbocycles. The zero-order valence-corrected chi connectivity index (χ0v) is 21.5. The number of nitrogens with zero attached hydrogens (tertiary/aromatic N) is 4. The highest BCUT2D eigenvalue weighted by atomic mass is 16.2. The van der Waals surface area contributed by atoms with E-state index in [9.17, 15) is 14.4 Å². The normalized spacial score (nSPS) is 13.7. The number of aromatic nitrogens is 2. The minimum absolute atomic E-state index is 0.0864. The van der Waals surface area contributed by atoms with E-state index in [-0.39, 0.29) is 17.0 Å². The molecule has 0 atom stereocenters. The number of rotatable bonds is 6. The Balaban J connectivity index is 1.23. The first kappa shape index (κ1) is 25.2.